The molecule has 0 saturated heterocycles. The van der Waals surface area contributed by atoms with Crippen molar-refractivity contribution in [3.63, 3.8) is 0 Å². The topological polar surface area (TPSA) is 87.3 Å². The number of carbonyl (C=O) groups is 1. The fraction of sp³-hybridized carbons (Fsp3) is 0.182. The summed E-state index contributed by atoms with van der Waals surface area (Å²) in [5.41, 5.74) is -2.72. The molecule has 6 nitrogen and oxygen atoms in total. The number of thiophene rings is 1. The summed E-state index contributed by atoms with van der Waals surface area (Å²) in [5.74, 6) is -0.656. The van der Waals surface area contributed by atoms with Crippen LogP contribution < -0.4 is 5.56 Å². The van der Waals surface area contributed by atoms with E-state index >= 15 is 0 Å². The minimum Gasteiger partial charge on any atom is -0.465 e. The smallest absolute Gasteiger partial charge is 0.433 e. The molecule has 112 valence electrons. The molecule has 0 aliphatic heterocycles. The number of aliphatic imine (C=N–C) groups is 1. The van der Waals surface area contributed by atoms with Gasteiger partial charge >= 0.3 is 12.1 Å². The number of carbonyl (C=O) groups excluding carboxylic acids is 1. The standard InChI is InChI=1S/C11H8F3N3O3S/c1-20-10(19)7-6(2-3-21-7)15-4-5-8(11(12,13)14)16-17-9(5)18/h2-4H,1H3,(H2,16,17,18). The molecule has 21 heavy (non-hydrogen) atoms. The molecule has 0 aliphatic rings. The van der Waals surface area contributed by atoms with Crippen molar-refractivity contribution in [3.05, 3.63) is 37.9 Å². The molecule has 0 amide bonds. The predicted molar refractivity (Wildman–Crippen MR) is 69.3 cm³/mol. The molecule has 0 unspecified atom stereocenters. The second kappa shape index (κ2) is 5.56. The van der Waals surface area contributed by atoms with E-state index in [1.165, 1.54) is 18.6 Å². The molecule has 2 aromatic rings. The number of nitrogens with one attached hydrogen (secondary N) is 2. The number of hydrogen-bond donors (Lipinski definition) is 2. The Morgan fingerprint density at radius 3 is 2.76 bits per heavy atom. The van der Waals surface area contributed by atoms with E-state index in [-0.39, 0.29) is 10.6 Å². The summed E-state index contributed by atoms with van der Waals surface area (Å²) < 4.78 is 42.5. The van der Waals surface area contributed by atoms with E-state index < -0.39 is 29.0 Å². The number of ether oxygens (including phenoxy) is 1. The molecule has 2 aromatic heterocycles. The number of nitrogens with zero attached hydrogens (tertiary/aromatic N) is 1. The Balaban J connectivity index is 2.40. The van der Waals surface area contributed by atoms with E-state index in [9.17, 15) is 22.8 Å². The first kappa shape index (κ1) is 15.0. The fourth-order valence-corrected chi connectivity index (χ4v) is 2.25. The quantitative estimate of drug-likeness (QED) is 0.672. The average Bonchev–Trinajstić information content (AvgIpc) is 3.01. The maximum absolute atomic E-state index is 12.7. The lowest BCUT2D eigenvalue weighted by Gasteiger charge is -2.03. The van der Waals surface area contributed by atoms with Crippen molar-refractivity contribution in [2.24, 2.45) is 4.99 Å². The van der Waals surface area contributed by atoms with E-state index in [1.807, 2.05) is 5.10 Å². The van der Waals surface area contributed by atoms with Crippen molar-refractivity contribution < 1.29 is 22.7 Å². The van der Waals surface area contributed by atoms with Crippen LogP contribution in [0.2, 0.25) is 0 Å². The van der Waals surface area contributed by atoms with Crippen LogP contribution in [0.4, 0.5) is 18.9 Å². The fourth-order valence-electron chi connectivity index (χ4n) is 1.50. The number of methoxy groups -OCH3 is 1. The first-order valence-corrected chi connectivity index (χ1v) is 6.30. The first-order chi connectivity index (χ1) is 9.84. The van der Waals surface area contributed by atoms with Crippen molar-refractivity contribution in [1.29, 1.82) is 0 Å². The number of alkyl halides is 3. The van der Waals surface area contributed by atoms with Crippen molar-refractivity contribution in [3.8, 4) is 0 Å². The van der Waals surface area contributed by atoms with Gasteiger partial charge in [0.25, 0.3) is 5.56 Å². The Hall–Kier alpha value is -2.36. The van der Waals surface area contributed by atoms with E-state index in [0.29, 0.717) is 0 Å². The molecular formula is C11H8F3N3O3S. The Kier molecular flexibility index (Phi) is 3.98. The molecule has 0 saturated carbocycles. The molecule has 2 N–H and O–H groups in total. The predicted octanol–water partition coefficient (Wildman–Crippen LogP) is 2.32. The lowest BCUT2D eigenvalue weighted by atomic mass is 10.2. The Labute approximate surface area is 119 Å². The van der Waals surface area contributed by atoms with E-state index in [2.05, 4.69) is 9.73 Å². The lowest BCUT2D eigenvalue weighted by molar-refractivity contribution is -0.141. The Bertz CT molecular complexity index is 742. The third-order valence-electron chi connectivity index (χ3n) is 2.45. The van der Waals surface area contributed by atoms with Gasteiger partial charge in [-0.15, -0.1) is 11.3 Å². The van der Waals surface area contributed by atoms with Gasteiger partial charge in [-0.1, -0.05) is 0 Å². The largest absolute Gasteiger partial charge is 0.465 e. The zero-order valence-electron chi connectivity index (χ0n) is 10.4. The van der Waals surface area contributed by atoms with Gasteiger partial charge in [0.2, 0.25) is 0 Å². The molecule has 2 heterocycles. The second-order valence-electron chi connectivity index (χ2n) is 3.75. The van der Waals surface area contributed by atoms with Crippen LogP contribution in [-0.2, 0) is 10.9 Å². The first-order valence-electron chi connectivity index (χ1n) is 5.42. The van der Waals surface area contributed by atoms with Crippen LogP contribution in [0.25, 0.3) is 0 Å². The van der Waals surface area contributed by atoms with Gasteiger partial charge in [0.1, 0.15) is 4.88 Å². The molecule has 2 rings (SSSR count). The molecule has 0 bridgehead atoms. The van der Waals surface area contributed by atoms with E-state index in [0.717, 1.165) is 17.6 Å². The molecule has 0 aromatic carbocycles. The van der Waals surface area contributed by atoms with Crippen LogP contribution in [0.5, 0.6) is 0 Å². The molecular weight excluding hydrogens is 311 g/mol. The van der Waals surface area contributed by atoms with Gasteiger partial charge < -0.3 is 4.74 Å². The molecule has 0 fully saturated rings. The SMILES string of the molecule is COC(=O)c1sccc1N=Cc1c(C(F)(F)F)[nH][nH]c1=O. The molecule has 0 radical (unpaired) electrons. The number of aromatic amines is 2. The third kappa shape index (κ3) is 3.05. The zero-order valence-corrected chi connectivity index (χ0v) is 11.3. The second-order valence-corrected chi connectivity index (χ2v) is 4.67. The summed E-state index contributed by atoms with van der Waals surface area (Å²) >= 11 is 1.03. The van der Waals surface area contributed by atoms with Crippen LogP contribution in [0.15, 0.2) is 21.2 Å². The molecule has 0 atom stereocenters. The number of aromatic nitrogens is 2. The van der Waals surface area contributed by atoms with Gasteiger partial charge in [-0.3, -0.25) is 20.0 Å². The average molecular weight is 319 g/mol. The zero-order chi connectivity index (χ0) is 15.6. The summed E-state index contributed by atoms with van der Waals surface area (Å²) in [6.45, 7) is 0. The van der Waals surface area contributed by atoms with Crippen molar-refractivity contribution in [2.45, 2.75) is 6.18 Å². The highest BCUT2D eigenvalue weighted by Gasteiger charge is 2.36. The van der Waals surface area contributed by atoms with Gasteiger partial charge in [-0.2, -0.15) is 13.2 Å². The molecule has 0 aliphatic carbocycles. The lowest BCUT2D eigenvalue weighted by Crippen LogP contribution is -2.12. The van der Waals surface area contributed by atoms with Crippen LogP contribution in [0, 0.1) is 0 Å². The van der Waals surface area contributed by atoms with Crippen LogP contribution in [0.3, 0.4) is 0 Å². The summed E-state index contributed by atoms with van der Waals surface area (Å²) in [5, 5.41) is 5.12. The summed E-state index contributed by atoms with van der Waals surface area (Å²) in [4.78, 5) is 26.7. The number of rotatable bonds is 3. The number of hydrogen-bond acceptors (Lipinski definition) is 5. The van der Waals surface area contributed by atoms with Crippen LogP contribution >= 0.6 is 11.3 Å². The molecule has 10 heteroatoms. The number of halogens is 3. The van der Waals surface area contributed by atoms with Crippen LogP contribution in [-0.4, -0.2) is 29.5 Å². The highest BCUT2D eigenvalue weighted by Crippen LogP contribution is 2.29. The monoisotopic (exact) mass is 319 g/mol. The third-order valence-corrected chi connectivity index (χ3v) is 3.33. The summed E-state index contributed by atoms with van der Waals surface area (Å²) in [6.07, 6.45) is -3.97. The van der Waals surface area contributed by atoms with Gasteiger partial charge in [0.15, 0.2) is 5.69 Å². The van der Waals surface area contributed by atoms with Crippen LogP contribution in [0.1, 0.15) is 20.9 Å². The van der Waals surface area contributed by atoms with E-state index in [4.69, 9.17) is 0 Å². The van der Waals surface area contributed by atoms with E-state index in [1.54, 1.807) is 5.10 Å². The van der Waals surface area contributed by atoms with Crippen molar-refractivity contribution in [1.82, 2.24) is 10.2 Å². The summed E-state index contributed by atoms with van der Waals surface area (Å²) in [7, 11) is 1.17. The van der Waals surface area contributed by atoms with Crippen molar-refractivity contribution >= 4 is 29.2 Å². The normalized spacial score (nSPS) is 12.0. The minimum atomic E-state index is -4.72. The maximum atomic E-state index is 12.7. The van der Waals surface area contributed by atoms with Gasteiger partial charge in [-0.25, -0.2) is 4.79 Å². The highest BCUT2D eigenvalue weighted by molar-refractivity contribution is 7.12. The summed E-state index contributed by atoms with van der Waals surface area (Å²) in [6, 6.07) is 1.43. The Morgan fingerprint density at radius 1 is 1.43 bits per heavy atom. The maximum Gasteiger partial charge on any atom is 0.433 e. The van der Waals surface area contributed by atoms with Gasteiger partial charge in [0.05, 0.1) is 18.4 Å². The Morgan fingerprint density at radius 2 is 2.14 bits per heavy atom. The number of esters is 1. The van der Waals surface area contributed by atoms with Gasteiger partial charge in [-0.05, 0) is 11.4 Å². The number of H-pyrrole nitrogens is 2. The molecule has 0 spiro atoms. The minimum absolute atomic E-state index is 0.126. The van der Waals surface area contributed by atoms with Crippen molar-refractivity contribution in [2.75, 3.05) is 7.11 Å². The van der Waals surface area contributed by atoms with Gasteiger partial charge in [0, 0.05) is 6.21 Å². The highest BCUT2D eigenvalue weighted by atomic mass is 32.1.